The number of rotatable bonds is 5. The summed E-state index contributed by atoms with van der Waals surface area (Å²) < 4.78 is 0. The molecule has 0 unspecified atom stereocenters. The third-order valence-corrected chi connectivity index (χ3v) is 4.45. The van der Waals surface area contributed by atoms with E-state index in [1.165, 1.54) is 5.56 Å². The largest absolute Gasteiger partial charge is 0.354 e. The van der Waals surface area contributed by atoms with Crippen LogP contribution in [0.3, 0.4) is 0 Å². The molecule has 110 valence electrons. The Morgan fingerprint density at radius 2 is 1.85 bits per heavy atom. The number of carbonyl (C=O) groups excluding carboxylic acids is 1. The van der Waals surface area contributed by atoms with Gasteiger partial charge in [-0.1, -0.05) is 51.0 Å². The maximum Gasteiger partial charge on any atom is 0.230 e. The van der Waals surface area contributed by atoms with Crippen molar-refractivity contribution in [1.82, 2.24) is 5.32 Å². The lowest BCUT2D eigenvalue weighted by Crippen LogP contribution is -2.44. The van der Waals surface area contributed by atoms with Gasteiger partial charge in [0.15, 0.2) is 0 Å². The third-order valence-electron chi connectivity index (χ3n) is 4.45. The van der Waals surface area contributed by atoms with Gasteiger partial charge in [0.05, 0.1) is 5.41 Å². The molecule has 0 radical (unpaired) electrons. The van der Waals surface area contributed by atoms with Gasteiger partial charge in [-0.15, -0.1) is 0 Å². The predicted octanol–water partition coefficient (Wildman–Crippen LogP) is 2.70. The van der Waals surface area contributed by atoms with E-state index in [0.717, 1.165) is 31.2 Å². The molecule has 3 heteroatoms. The summed E-state index contributed by atoms with van der Waals surface area (Å²) in [5.41, 5.74) is 7.65. The highest BCUT2D eigenvalue weighted by Gasteiger charge is 2.42. The van der Waals surface area contributed by atoms with Gasteiger partial charge < -0.3 is 11.1 Å². The van der Waals surface area contributed by atoms with E-state index in [4.69, 9.17) is 5.73 Å². The molecule has 1 aromatic rings. The van der Waals surface area contributed by atoms with E-state index in [2.05, 4.69) is 43.4 Å². The Labute approximate surface area is 121 Å². The zero-order valence-electron chi connectivity index (χ0n) is 12.6. The topological polar surface area (TPSA) is 55.1 Å². The molecule has 1 saturated carbocycles. The molecular formula is C17H26N2O. The standard InChI is InChI=1S/C17H26N2O/c1-13(2)14-5-7-15(8-6-14)17(9-3-4-10-17)16(20)19-12-11-18/h5-8,13H,3-4,9-12,18H2,1-2H3,(H,19,20). The summed E-state index contributed by atoms with van der Waals surface area (Å²) in [6.45, 7) is 5.43. The second-order valence-corrected chi connectivity index (χ2v) is 6.11. The van der Waals surface area contributed by atoms with Crippen molar-refractivity contribution in [3.8, 4) is 0 Å². The van der Waals surface area contributed by atoms with Crippen molar-refractivity contribution in [3.05, 3.63) is 35.4 Å². The van der Waals surface area contributed by atoms with Crippen LogP contribution in [0.1, 0.15) is 56.6 Å². The van der Waals surface area contributed by atoms with E-state index in [0.29, 0.717) is 19.0 Å². The number of hydrogen-bond donors (Lipinski definition) is 2. The van der Waals surface area contributed by atoms with Crippen LogP contribution in [0, 0.1) is 0 Å². The van der Waals surface area contributed by atoms with Crippen molar-refractivity contribution in [2.75, 3.05) is 13.1 Å². The van der Waals surface area contributed by atoms with Gasteiger partial charge >= 0.3 is 0 Å². The first-order chi connectivity index (χ1) is 9.60. The molecule has 0 bridgehead atoms. The van der Waals surface area contributed by atoms with Crippen LogP contribution in [-0.2, 0) is 10.2 Å². The minimum absolute atomic E-state index is 0.151. The van der Waals surface area contributed by atoms with Crippen molar-refractivity contribution in [1.29, 1.82) is 0 Å². The van der Waals surface area contributed by atoms with Crippen LogP contribution in [0.25, 0.3) is 0 Å². The summed E-state index contributed by atoms with van der Waals surface area (Å²) in [7, 11) is 0. The molecule has 2 rings (SSSR count). The molecule has 20 heavy (non-hydrogen) atoms. The summed E-state index contributed by atoms with van der Waals surface area (Å²) >= 11 is 0. The molecule has 0 aliphatic heterocycles. The van der Waals surface area contributed by atoms with Crippen LogP contribution >= 0.6 is 0 Å². The maximum atomic E-state index is 12.6. The SMILES string of the molecule is CC(C)c1ccc(C2(C(=O)NCCN)CCCC2)cc1. The van der Waals surface area contributed by atoms with Crippen molar-refractivity contribution < 1.29 is 4.79 Å². The van der Waals surface area contributed by atoms with E-state index >= 15 is 0 Å². The van der Waals surface area contributed by atoms with Crippen molar-refractivity contribution in [2.45, 2.75) is 50.9 Å². The molecule has 0 spiro atoms. The maximum absolute atomic E-state index is 12.6. The molecule has 1 aliphatic carbocycles. The number of nitrogens with two attached hydrogens (primary N) is 1. The molecule has 0 heterocycles. The molecule has 1 fully saturated rings. The molecule has 0 saturated heterocycles. The first kappa shape index (κ1) is 15.0. The minimum atomic E-state index is -0.329. The van der Waals surface area contributed by atoms with E-state index < -0.39 is 0 Å². The van der Waals surface area contributed by atoms with Crippen molar-refractivity contribution >= 4 is 5.91 Å². The Balaban J connectivity index is 2.25. The second-order valence-electron chi connectivity index (χ2n) is 6.11. The van der Waals surface area contributed by atoms with Gasteiger partial charge in [0, 0.05) is 13.1 Å². The monoisotopic (exact) mass is 274 g/mol. The summed E-state index contributed by atoms with van der Waals surface area (Å²) in [4.78, 5) is 12.6. The first-order valence-electron chi connectivity index (χ1n) is 7.69. The zero-order chi connectivity index (χ0) is 14.6. The van der Waals surface area contributed by atoms with Gasteiger partial charge in [-0.25, -0.2) is 0 Å². The molecule has 0 atom stereocenters. The average molecular weight is 274 g/mol. The van der Waals surface area contributed by atoms with Gasteiger partial charge in [-0.3, -0.25) is 4.79 Å². The van der Waals surface area contributed by atoms with Crippen LogP contribution < -0.4 is 11.1 Å². The molecule has 3 N–H and O–H groups in total. The molecule has 1 amide bonds. The smallest absolute Gasteiger partial charge is 0.230 e. The Morgan fingerprint density at radius 3 is 2.35 bits per heavy atom. The summed E-state index contributed by atoms with van der Waals surface area (Å²) in [5, 5.41) is 2.99. The molecular weight excluding hydrogens is 248 g/mol. The van der Waals surface area contributed by atoms with Gasteiger partial charge in [-0.05, 0) is 29.9 Å². The average Bonchev–Trinajstić information content (AvgIpc) is 2.95. The molecule has 1 aromatic carbocycles. The highest BCUT2D eigenvalue weighted by molar-refractivity contribution is 5.88. The predicted molar refractivity (Wildman–Crippen MR) is 82.7 cm³/mol. The lowest BCUT2D eigenvalue weighted by Gasteiger charge is -2.28. The lowest BCUT2D eigenvalue weighted by molar-refractivity contribution is -0.126. The van der Waals surface area contributed by atoms with Crippen LogP contribution in [-0.4, -0.2) is 19.0 Å². The first-order valence-corrected chi connectivity index (χ1v) is 7.69. The normalized spacial score (nSPS) is 17.4. The van der Waals surface area contributed by atoms with Gasteiger partial charge in [-0.2, -0.15) is 0 Å². The second kappa shape index (κ2) is 6.40. The molecule has 1 aliphatic rings. The number of carbonyl (C=O) groups is 1. The number of amides is 1. The fourth-order valence-corrected chi connectivity index (χ4v) is 3.17. The van der Waals surface area contributed by atoms with Crippen LogP contribution in [0.2, 0.25) is 0 Å². The van der Waals surface area contributed by atoms with Crippen LogP contribution in [0.15, 0.2) is 24.3 Å². The van der Waals surface area contributed by atoms with E-state index in [9.17, 15) is 4.79 Å². The van der Waals surface area contributed by atoms with Crippen molar-refractivity contribution in [3.63, 3.8) is 0 Å². The van der Waals surface area contributed by atoms with E-state index in [1.807, 2.05) is 0 Å². The summed E-state index contributed by atoms with van der Waals surface area (Å²) in [6.07, 6.45) is 4.15. The van der Waals surface area contributed by atoms with Crippen molar-refractivity contribution in [2.24, 2.45) is 5.73 Å². The highest BCUT2D eigenvalue weighted by Crippen LogP contribution is 2.41. The number of nitrogens with one attached hydrogen (secondary N) is 1. The van der Waals surface area contributed by atoms with Gasteiger partial charge in [0.25, 0.3) is 0 Å². The minimum Gasteiger partial charge on any atom is -0.354 e. The summed E-state index contributed by atoms with van der Waals surface area (Å²) in [6, 6.07) is 8.61. The zero-order valence-corrected chi connectivity index (χ0v) is 12.6. The Kier molecular flexibility index (Phi) is 4.81. The number of hydrogen-bond acceptors (Lipinski definition) is 2. The van der Waals surface area contributed by atoms with E-state index in [1.54, 1.807) is 0 Å². The Bertz CT molecular complexity index is 445. The number of benzene rings is 1. The highest BCUT2D eigenvalue weighted by atomic mass is 16.2. The fraction of sp³-hybridized carbons (Fsp3) is 0.588. The quantitative estimate of drug-likeness (QED) is 0.867. The van der Waals surface area contributed by atoms with E-state index in [-0.39, 0.29) is 11.3 Å². The van der Waals surface area contributed by atoms with Crippen LogP contribution in [0.4, 0.5) is 0 Å². The lowest BCUT2D eigenvalue weighted by atomic mass is 9.77. The molecule has 0 aromatic heterocycles. The van der Waals surface area contributed by atoms with Gasteiger partial charge in [0.2, 0.25) is 5.91 Å². The Morgan fingerprint density at radius 1 is 1.25 bits per heavy atom. The molecule has 3 nitrogen and oxygen atoms in total. The van der Waals surface area contributed by atoms with Gasteiger partial charge in [0.1, 0.15) is 0 Å². The third kappa shape index (κ3) is 2.88. The Hall–Kier alpha value is -1.35. The fourth-order valence-electron chi connectivity index (χ4n) is 3.17. The van der Waals surface area contributed by atoms with Crippen LogP contribution in [0.5, 0.6) is 0 Å². The summed E-state index contributed by atoms with van der Waals surface area (Å²) in [5.74, 6) is 0.674.